The fraction of sp³-hybridized carbons (Fsp3) is 0.647. The molecule has 0 spiro atoms. The standard InChI is InChI=1S/C17H22INO2/c18-12-6-7-14-13(10-12)16-17(21-9-8-20-16)15(19-14)11-4-2-1-3-5-11/h6-7,10-11,15-17,19H,1-5,8-9H2/t15-,16-,17+/m1/s1. The highest BCUT2D eigenvalue weighted by atomic mass is 127. The Morgan fingerprint density at radius 2 is 1.86 bits per heavy atom. The number of fused-ring (bicyclic) bond motifs is 3. The zero-order valence-corrected chi connectivity index (χ0v) is 14.3. The number of ether oxygens (including phenoxy) is 2. The van der Waals surface area contributed by atoms with Crippen molar-refractivity contribution < 1.29 is 9.47 Å². The largest absolute Gasteiger partial charge is 0.379 e. The second-order valence-electron chi connectivity index (χ2n) is 6.43. The van der Waals surface area contributed by atoms with Gasteiger partial charge in [0.2, 0.25) is 0 Å². The topological polar surface area (TPSA) is 30.5 Å². The molecule has 4 heteroatoms. The Kier molecular flexibility index (Phi) is 4.11. The van der Waals surface area contributed by atoms with E-state index in [4.69, 9.17) is 9.47 Å². The van der Waals surface area contributed by atoms with E-state index in [-0.39, 0.29) is 12.2 Å². The Morgan fingerprint density at radius 3 is 2.71 bits per heavy atom. The van der Waals surface area contributed by atoms with Crippen molar-refractivity contribution in [1.82, 2.24) is 0 Å². The first-order chi connectivity index (χ1) is 10.3. The minimum Gasteiger partial charge on any atom is -0.379 e. The Balaban J connectivity index is 1.68. The minimum atomic E-state index is 0.108. The third-order valence-corrected chi connectivity index (χ3v) is 5.81. The van der Waals surface area contributed by atoms with E-state index in [1.54, 1.807) is 0 Å². The molecule has 1 N–H and O–H groups in total. The summed E-state index contributed by atoms with van der Waals surface area (Å²) in [6.07, 6.45) is 7.04. The van der Waals surface area contributed by atoms with Crippen molar-refractivity contribution in [2.45, 2.75) is 50.4 Å². The highest BCUT2D eigenvalue weighted by molar-refractivity contribution is 14.1. The van der Waals surface area contributed by atoms with Crippen LogP contribution in [0.2, 0.25) is 0 Å². The van der Waals surface area contributed by atoms with Crippen LogP contribution < -0.4 is 5.32 Å². The first-order valence-corrected chi connectivity index (χ1v) is 9.20. The SMILES string of the molecule is Ic1ccc2c(c1)[C@H]1OCCO[C@H]1[C@@H](C1CCCCC1)N2. The molecule has 3 atom stereocenters. The number of hydrogen-bond donors (Lipinski definition) is 1. The van der Waals surface area contributed by atoms with Crippen molar-refractivity contribution in [2.75, 3.05) is 18.5 Å². The van der Waals surface area contributed by atoms with Crippen LogP contribution in [0.15, 0.2) is 18.2 Å². The van der Waals surface area contributed by atoms with Crippen LogP contribution in [-0.2, 0) is 9.47 Å². The van der Waals surface area contributed by atoms with Gasteiger partial charge in [-0.1, -0.05) is 19.3 Å². The molecule has 0 bridgehead atoms. The minimum absolute atomic E-state index is 0.108. The highest BCUT2D eigenvalue weighted by Crippen LogP contribution is 2.43. The lowest BCUT2D eigenvalue weighted by Crippen LogP contribution is -2.51. The average Bonchev–Trinajstić information content (AvgIpc) is 2.55. The van der Waals surface area contributed by atoms with Gasteiger partial charge in [0.25, 0.3) is 0 Å². The Hall–Kier alpha value is -0.330. The lowest BCUT2D eigenvalue weighted by molar-refractivity contribution is -0.156. The molecule has 1 aromatic carbocycles. The molecule has 4 rings (SSSR count). The van der Waals surface area contributed by atoms with Crippen molar-refractivity contribution in [3.8, 4) is 0 Å². The second-order valence-corrected chi connectivity index (χ2v) is 7.67. The number of nitrogens with one attached hydrogen (secondary N) is 1. The fourth-order valence-corrected chi connectivity index (χ4v) is 4.66. The molecular weight excluding hydrogens is 377 g/mol. The molecule has 1 saturated carbocycles. The van der Waals surface area contributed by atoms with Gasteiger partial charge in [-0.05, 0) is 59.5 Å². The van der Waals surface area contributed by atoms with Crippen LogP contribution in [-0.4, -0.2) is 25.4 Å². The van der Waals surface area contributed by atoms with E-state index in [1.807, 2.05) is 0 Å². The van der Waals surface area contributed by atoms with Gasteiger partial charge in [-0.2, -0.15) is 0 Å². The van der Waals surface area contributed by atoms with Gasteiger partial charge < -0.3 is 14.8 Å². The summed E-state index contributed by atoms with van der Waals surface area (Å²) < 4.78 is 13.5. The highest BCUT2D eigenvalue weighted by Gasteiger charge is 2.43. The maximum atomic E-state index is 6.15. The van der Waals surface area contributed by atoms with Crippen LogP contribution in [0.4, 0.5) is 5.69 Å². The zero-order valence-electron chi connectivity index (χ0n) is 12.2. The molecule has 2 aliphatic heterocycles. The van der Waals surface area contributed by atoms with E-state index in [9.17, 15) is 0 Å². The Bertz CT molecular complexity index is 516. The van der Waals surface area contributed by atoms with Gasteiger partial charge in [0, 0.05) is 14.8 Å². The molecule has 1 aromatic rings. The van der Waals surface area contributed by atoms with Gasteiger partial charge >= 0.3 is 0 Å². The quantitative estimate of drug-likeness (QED) is 0.721. The number of benzene rings is 1. The fourth-order valence-electron chi connectivity index (χ4n) is 4.14. The van der Waals surface area contributed by atoms with Crippen molar-refractivity contribution in [2.24, 2.45) is 5.92 Å². The molecular formula is C17H22INO2. The summed E-state index contributed by atoms with van der Waals surface area (Å²) in [4.78, 5) is 0. The molecule has 0 amide bonds. The average molecular weight is 399 g/mol. The molecule has 2 fully saturated rings. The molecule has 1 aliphatic carbocycles. The Labute approximate surface area is 139 Å². The smallest absolute Gasteiger partial charge is 0.113 e. The normalized spacial score (nSPS) is 32.9. The molecule has 0 aromatic heterocycles. The molecule has 3 nitrogen and oxygen atoms in total. The Morgan fingerprint density at radius 1 is 1.05 bits per heavy atom. The van der Waals surface area contributed by atoms with Gasteiger partial charge in [-0.25, -0.2) is 0 Å². The van der Waals surface area contributed by atoms with Crippen LogP contribution in [0.3, 0.4) is 0 Å². The molecule has 21 heavy (non-hydrogen) atoms. The van der Waals surface area contributed by atoms with Crippen LogP contribution in [0, 0.1) is 9.49 Å². The van der Waals surface area contributed by atoms with E-state index >= 15 is 0 Å². The van der Waals surface area contributed by atoms with Crippen molar-refractivity contribution in [3.63, 3.8) is 0 Å². The van der Waals surface area contributed by atoms with Crippen LogP contribution in [0.1, 0.15) is 43.8 Å². The predicted octanol–water partition coefficient (Wildman–Crippen LogP) is 4.12. The van der Waals surface area contributed by atoms with E-state index in [0.717, 1.165) is 12.5 Å². The summed E-state index contributed by atoms with van der Waals surface area (Å²) in [6, 6.07) is 7.03. The van der Waals surface area contributed by atoms with E-state index in [1.165, 1.54) is 46.9 Å². The van der Waals surface area contributed by atoms with E-state index < -0.39 is 0 Å². The van der Waals surface area contributed by atoms with Gasteiger partial charge in [0.05, 0.1) is 19.3 Å². The van der Waals surface area contributed by atoms with E-state index in [2.05, 4.69) is 46.1 Å². The molecule has 0 unspecified atom stereocenters. The number of rotatable bonds is 1. The van der Waals surface area contributed by atoms with Gasteiger partial charge in [-0.15, -0.1) is 0 Å². The molecule has 114 valence electrons. The molecule has 1 saturated heterocycles. The van der Waals surface area contributed by atoms with Gasteiger partial charge in [0.15, 0.2) is 0 Å². The third kappa shape index (κ3) is 2.70. The predicted molar refractivity (Wildman–Crippen MR) is 91.6 cm³/mol. The molecule has 2 heterocycles. The van der Waals surface area contributed by atoms with Crippen molar-refractivity contribution in [1.29, 1.82) is 0 Å². The lowest BCUT2D eigenvalue weighted by atomic mass is 9.77. The summed E-state index contributed by atoms with van der Waals surface area (Å²) in [6.45, 7) is 1.44. The maximum Gasteiger partial charge on any atom is 0.113 e. The second kappa shape index (κ2) is 6.05. The van der Waals surface area contributed by atoms with Crippen LogP contribution >= 0.6 is 22.6 Å². The van der Waals surface area contributed by atoms with Crippen LogP contribution in [0.5, 0.6) is 0 Å². The van der Waals surface area contributed by atoms with Crippen molar-refractivity contribution >= 4 is 28.3 Å². The lowest BCUT2D eigenvalue weighted by Gasteiger charge is -2.46. The maximum absolute atomic E-state index is 6.15. The third-order valence-electron chi connectivity index (χ3n) is 5.14. The zero-order chi connectivity index (χ0) is 14.2. The molecule has 3 aliphatic rings. The number of halogens is 1. The van der Waals surface area contributed by atoms with Crippen molar-refractivity contribution in [3.05, 3.63) is 27.3 Å². The molecule has 0 radical (unpaired) electrons. The van der Waals surface area contributed by atoms with Gasteiger partial charge in [-0.3, -0.25) is 0 Å². The first-order valence-electron chi connectivity index (χ1n) is 8.12. The number of hydrogen-bond acceptors (Lipinski definition) is 3. The summed E-state index contributed by atoms with van der Waals surface area (Å²) in [7, 11) is 0. The van der Waals surface area contributed by atoms with Crippen LogP contribution in [0.25, 0.3) is 0 Å². The van der Waals surface area contributed by atoms with E-state index in [0.29, 0.717) is 12.6 Å². The summed E-state index contributed by atoms with van der Waals surface area (Å²) in [5, 5.41) is 3.78. The van der Waals surface area contributed by atoms with Gasteiger partial charge in [0.1, 0.15) is 12.2 Å². The first kappa shape index (κ1) is 14.3. The monoisotopic (exact) mass is 399 g/mol. The summed E-state index contributed by atoms with van der Waals surface area (Å²) in [5.74, 6) is 0.723. The summed E-state index contributed by atoms with van der Waals surface area (Å²) >= 11 is 2.37. The summed E-state index contributed by atoms with van der Waals surface area (Å²) in [5.41, 5.74) is 2.52. The number of anilines is 1.